The number of nitrogens with zero attached hydrogens (tertiary/aromatic N) is 1. The first-order valence-electron chi connectivity index (χ1n) is 8.78. The van der Waals surface area contributed by atoms with Gasteiger partial charge in [-0.2, -0.15) is 8.42 Å². The average Bonchev–Trinajstić information content (AvgIpc) is 2.66. The Hall–Kier alpha value is -1.96. The van der Waals surface area contributed by atoms with E-state index in [1.165, 1.54) is 17.7 Å². The lowest BCUT2D eigenvalue weighted by molar-refractivity contribution is 0.483. The van der Waals surface area contributed by atoms with E-state index < -0.39 is 10.1 Å². The molecule has 0 unspecified atom stereocenters. The van der Waals surface area contributed by atoms with E-state index in [1.807, 2.05) is 39.0 Å². The van der Waals surface area contributed by atoms with Gasteiger partial charge in [-0.25, -0.2) is 0 Å². The van der Waals surface area contributed by atoms with Gasteiger partial charge in [0.25, 0.3) is 0 Å². The molecule has 0 aliphatic heterocycles. The van der Waals surface area contributed by atoms with Crippen LogP contribution < -0.4 is 4.18 Å². The van der Waals surface area contributed by atoms with Crippen LogP contribution in [0.2, 0.25) is 0 Å². The van der Waals surface area contributed by atoms with Gasteiger partial charge in [0.15, 0.2) is 5.75 Å². The Bertz CT molecular complexity index is 1160. The first kappa shape index (κ1) is 21.7. The molecule has 0 fully saturated rings. The van der Waals surface area contributed by atoms with Crippen LogP contribution in [0.1, 0.15) is 22.3 Å². The number of aryl methyl sites for hydroxylation is 2. The second-order valence-corrected chi connectivity index (χ2v) is 9.90. The second-order valence-electron chi connectivity index (χ2n) is 6.64. The van der Waals surface area contributed by atoms with Gasteiger partial charge in [-0.05, 0) is 99.7 Å². The first-order valence-corrected chi connectivity index (χ1v) is 11.8. The van der Waals surface area contributed by atoms with Crippen molar-refractivity contribution < 1.29 is 12.6 Å². The molecule has 7 heteroatoms. The maximum Gasteiger partial charge on any atom is 0.339 e. The number of aliphatic imine (C=N–C) groups is 1. The van der Waals surface area contributed by atoms with E-state index in [2.05, 4.69) is 36.9 Å². The molecular formula is C22H19Br2NO3S. The summed E-state index contributed by atoms with van der Waals surface area (Å²) in [6.45, 7) is 5.96. The summed E-state index contributed by atoms with van der Waals surface area (Å²) in [5.41, 5.74) is 4.95. The summed E-state index contributed by atoms with van der Waals surface area (Å²) in [6, 6.07) is 16.0. The number of halogens is 2. The standard InChI is InChI=1S/C22H19Br2NO3S/c1-14-7-9-18(10-8-14)29(26,27)28-22-19(23)11-17(12-20(22)24)13-25-21-6-4-5-15(2)16(21)3/h4-13H,1-3H3. The summed E-state index contributed by atoms with van der Waals surface area (Å²) < 4.78 is 31.6. The summed E-state index contributed by atoms with van der Waals surface area (Å²) in [6.07, 6.45) is 1.73. The minimum Gasteiger partial charge on any atom is -0.377 e. The summed E-state index contributed by atoms with van der Waals surface area (Å²) in [7, 11) is -3.95. The number of benzene rings is 3. The van der Waals surface area contributed by atoms with E-state index in [0.29, 0.717) is 8.95 Å². The van der Waals surface area contributed by atoms with Crippen molar-refractivity contribution in [1.29, 1.82) is 0 Å². The zero-order chi connectivity index (χ0) is 21.2. The SMILES string of the molecule is Cc1ccc(S(=O)(=O)Oc2c(Br)cc(C=Nc3cccc(C)c3C)cc2Br)cc1. The summed E-state index contributed by atoms with van der Waals surface area (Å²) in [4.78, 5) is 4.65. The Morgan fingerprint density at radius 2 is 1.55 bits per heavy atom. The molecule has 0 saturated heterocycles. The molecule has 3 aromatic carbocycles. The molecule has 150 valence electrons. The highest BCUT2D eigenvalue weighted by atomic mass is 79.9. The van der Waals surface area contributed by atoms with E-state index >= 15 is 0 Å². The van der Waals surface area contributed by atoms with Crippen LogP contribution in [0.25, 0.3) is 0 Å². The van der Waals surface area contributed by atoms with Crippen molar-refractivity contribution in [1.82, 2.24) is 0 Å². The highest BCUT2D eigenvalue weighted by Crippen LogP contribution is 2.36. The van der Waals surface area contributed by atoms with Crippen molar-refractivity contribution in [3.63, 3.8) is 0 Å². The van der Waals surface area contributed by atoms with Crippen LogP contribution in [0.3, 0.4) is 0 Å². The van der Waals surface area contributed by atoms with E-state index in [1.54, 1.807) is 30.5 Å². The fraction of sp³-hybridized carbons (Fsp3) is 0.136. The van der Waals surface area contributed by atoms with Crippen molar-refractivity contribution in [3.05, 3.63) is 85.8 Å². The Labute approximate surface area is 188 Å². The van der Waals surface area contributed by atoms with Crippen LogP contribution in [0, 0.1) is 20.8 Å². The zero-order valence-corrected chi connectivity index (χ0v) is 20.1. The molecule has 0 bridgehead atoms. The van der Waals surface area contributed by atoms with Gasteiger partial charge in [-0.1, -0.05) is 29.8 Å². The van der Waals surface area contributed by atoms with Crippen LogP contribution in [-0.4, -0.2) is 14.6 Å². The molecule has 0 heterocycles. The maximum atomic E-state index is 12.6. The number of hydrogen-bond donors (Lipinski definition) is 0. The Morgan fingerprint density at radius 3 is 2.17 bits per heavy atom. The molecule has 0 radical (unpaired) electrons. The Balaban J connectivity index is 1.89. The lowest BCUT2D eigenvalue weighted by Gasteiger charge is -2.11. The molecule has 3 aromatic rings. The molecule has 0 aromatic heterocycles. The molecular weight excluding hydrogens is 518 g/mol. The van der Waals surface area contributed by atoms with Crippen molar-refractivity contribution >= 4 is 53.9 Å². The molecule has 4 nitrogen and oxygen atoms in total. The van der Waals surface area contributed by atoms with E-state index in [9.17, 15) is 8.42 Å². The molecule has 0 aliphatic rings. The fourth-order valence-electron chi connectivity index (χ4n) is 2.62. The Kier molecular flexibility index (Phi) is 6.61. The van der Waals surface area contributed by atoms with E-state index in [4.69, 9.17) is 4.18 Å². The van der Waals surface area contributed by atoms with Crippen molar-refractivity contribution in [2.24, 2.45) is 4.99 Å². The fourth-order valence-corrected chi connectivity index (χ4v) is 5.18. The first-order chi connectivity index (χ1) is 13.7. The van der Waals surface area contributed by atoms with Crippen molar-refractivity contribution in [2.75, 3.05) is 0 Å². The summed E-state index contributed by atoms with van der Waals surface area (Å²) >= 11 is 6.81. The van der Waals surface area contributed by atoms with Gasteiger partial charge in [0.1, 0.15) is 4.90 Å². The van der Waals surface area contributed by atoms with Gasteiger partial charge in [0, 0.05) is 6.21 Å². The third-order valence-corrected chi connectivity index (χ3v) is 6.87. The minimum absolute atomic E-state index is 0.0995. The monoisotopic (exact) mass is 535 g/mol. The predicted octanol–water partition coefficient (Wildman–Crippen LogP) is 6.66. The largest absolute Gasteiger partial charge is 0.377 e. The number of hydrogen-bond acceptors (Lipinski definition) is 4. The molecule has 29 heavy (non-hydrogen) atoms. The molecule has 0 atom stereocenters. The topological polar surface area (TPSA) is 55.7 Å². The smallest absolute Gasteiger partial charge is 0.339 e. The van der Waals surface area contributed by atoms with Gasteiger partial charge in [0.05, 0.1) is 14.6 Å². The molecule has 0 saturated carbocycles. The summed E-state index contributed by atoms with van der Waals surface area (Å²) in [5.74, 6) is 0.189. The highest BCUT2D eigenvalue weighted by Gasteiger charge is 2.20. The summed E-state index contributed by atoms with van der Waals surface area (Å²) in [5, 5.41) is 0. The lowest BCUT2D eigenvalue weighted by Crippen LogP contribution is -2.10. The molecule has 0 aliphatic carbocycles. The third-order valence-electron chi connectivity index (χ3n) is 4.45. The average molecular weight is 537 g/mol. The maximum absolute atomic E-state index is 12.6. The Morgan fingerprint density at radius 1 is 0.931 bits per heavy atom. The van der Waals surface area contributed by atoms with E-state index in [0.717, 1.165) is 22.4 Å². The van der Waals surface area contributed by atoms with Gasteiger partial charge in [-0.15, -0.1) is 0 Å². The highest BCUT2D eigenvalue weighted by molar-refractivity contribution is 9.11. The normalized spacial score (nSPS) is 11.8. The van der Waals surface area contributed by atoms with Gasteiger partial charge >= 0.3 is 10.1 Å². The lowest BCUT2D eigenvalue weighted by atomic mass is 10.1. The molecule has 0 spiro atoms. The number of rotatable bonds is 5. The van der Waals surface area contributed by atoms with Gasteiger partial charge in [0.2, 0.25) is 0 Å². The van der Waals surface area contributed by atoms with Crippen molar-refractivity contribution in [3.8, 4) is 5.75 Å². The third kappa shape index (κ3) is 5.15. The van der Waals surface area contributed by atoms with Crippen molar-refractivity contribution in [2.45, 2.75) is 25.7 Å². The second kappa shape index (κ2) is 8.81. The van der Waals surface area contributed by atoms with Crippen LogP contribution in [-0.2, 0) is 10.1 Å². The van der Waals surface area contributed by atoms with Crippen LogP contribution in [0.15, 0.2) is 73.4 Å². The van der Waals surface area contributed by atoms with Gasteiger partial charge < -0.3 is 4.18 Å². The van der Waals surface area contributed by atoms with Crippen LogP contribution >= 0.6 is 31.9 Å². The van der Waals surface area contributed by atoms with Crippen LogP contribution in [0.4, 0.5) is 5.69 Å². The van der Waals surface area contributed by atoms with E-state index in [-0.39, 0.29) is 10.6 Å². The van der Waals surface area contributed by atoms with Gasteiger partial charge in [-0.3, -0.25) is 4.99 Å². The quantitative estimate of drug-likeness (QED) is 0.271. The van der Waals surface area contributed by atoms with Crippen LogP contribution in [0.5, 0.6) is 5.75 Å². The zero-order valence-electron chi connectivity index (χ0n) is 16.1. The molecule has 3 rings (SSSR count). The predicted molar refractivity (Wildman–Crippen MR) is 124 cm³/mol. The molecule has 0 amide bonds. The molecule has 0 N–H and O–H groups in total. The minimum atomic E-state index is -3.95.